The summed E-state index contributed by atoms with van der Waals surface area (Å²) in [7, 11) is 0. The van der Waals surface area contributed by atoms with Crippen molar-refractivity contribution in [3.63, 3.8) is 0 Å². The summed E-state index contributed by atoms with van der Waals surface area (Å²) in [6, 6.07) is 0.932. The molecule has 2 heterocycles. The predicted molar refractivity (Wildman–Crippen MR) is 57.2 cm³/mol. The Labute approximate surface area is 86.6 Å². The Morgan fingerprint density at radius 2 is 2.43 bits per heavy atom. The third-order valence-electron chi connectivity index (χ3n) is 3.52. The van der Waals surface area contributed by atoms with Gasteiger partial charge in [0.25, 0.3) is 0 Å². The van der Waals surface area contributed by atoms with Crippen LogP contribution in [0, 0.1) is 0 Å². The molecule has 2 rings (SSSR count). The van der Waals surface area contributed by atoms with E-state index >= 15 is 0 Å². The van der Waals surface area contributed by atoms with Crippen LogP contribution in [0.15, 0.2) is 0 Å². The fraction of sp³-hybridized carbons (Fsp3) is 1.00. The fourth-order valence-corrected chi connectivity index (χ4v) is 2.62. The van der Waals surface area contributed by atoms with Gasteiger partial charge in [-0.15, -0.1) is 0 Å². The first kappa shape index (κ1) is 10.4. The van der Waals surface area contributed by atoms with Crippen molar-refractivity contribution < 1.29 is 4.74 Å². The molecular weight excluding hydrogens is 176 g/mol. The Bertz CT molecular complexity index is 186. The summed E-state index contributed by atoms with van der Waals surface area (Å²) >= 11 is 0. The second kappa shape index (κ2) is 4.60. The number of hydrogen-bond donors (Lipinski definition) is 1. The van der Waals surface area contributed by atoms with Crippen LogP contribution in [-0.2, 0) is 4.74 Å². The smallest absolute Gasteiger partial charge is 0.0853 e. The summed E-state index contributed by atoms with van der Waals surface area (Å²) in [5.41, 5.74) is 6.09. The minimum absolute atomic E-state index is 0.238. The van der Waals surface area contributed by atoms with Gasteiger partial charge in [0.2, 0.25) is 0 Å². The molecule has 2 N–H and O–H groups in total. The lowest BCUT2D eigenvalue weighted by molar-refractivity contribution is -0.0600. The monoisotopic (exact) mass is 198 g/mol. The van der Waals surface area contributed by atoms with Crippen LogP contribution in [0.3, 0.4) is 0 Å². The molecule has 2 saturated heterocycles. The first-order valence-corrected chi connectivity index (χ1v) is 5.92. The zero-order chi connectivity index (χ0) is 9.97. The average molecular weight is 198 g/mol. The summed E-state index contributed by atoms with van der Waals surface area (Å²) in [4.78, 5) is 2.56. The first-order valence-electron chi connectivity index (χ1n) is 5.92. The third kappa shape index (κ3) is 2.10. The van der Waals surface area contributed by atoms with Gasteiger partial charge in [0.1, 0.15) is 0 Å². The molecule has 0 aromatic rings. The molecule has 0 aromatic carbocycles. The normalized spacial score (nSPS) is 35.6. The van der Waals surface area contributed by atoms with Gasteiger partial charge in [-0.3, -0.25) is 4.90 Å². The standard InChI is InChI=1S/C11H22N2O/c1-2-4-10(12)11-7-13-6-3-5-9(13)8-14-11/h9-11H,2-8,12H2,1H3/t9?,10-,11?/m0/s1. The van der Waals surface area contributed by atoms with Crippen molar-refractivity contribution in [2.45, 2.75) is 50.8 Å². The minimum Gasteiger partial charge on any atom is -0.374 e. The molecule has 0 spiro atoms. The van der Waals surface area contributed by atoms with E-state index < -0.39 is 0 Å². The second-order valence-corrected chi connectivity index (χ2v) is 4.62. The van der Waals surface area contributed by atoms with Crippen LogP contribution in [0.5, 0.6) is 0 Å². The molecule has 2 aliphatic rings. The highest BCUT2D eigenvalue weighted by atomic mass is 16.5. The van der Waals surface area contributed by atoms with Crippen LogP contribution in [-0.4, -0.2) is 42.8 Å². The first-order chi connectivity index (χ1) is 6.81. The highest BCUT2D eigenvalue weighted by Crippen LogP contribution is 2.24. The van der Waals surface area contributed by atoms with Crippen molar-refractivity contribution in [1.82, 2.24) is 4.90 Å². The number of hydrogen-bond acceptors (Lipinski definition) is 3. The third-order valence-corrected chi connectivity index (χ3v) is 3.52. The zero-order valence-corrected chi connectivity index (χ0v) is 9.11. The zero-order valence-electron chi connectivity index (χ0n) is 9.11. The summed E-state index contributed by atoms with van der Waals surface area (Å²) in [6.45, 7) is 5.40. The average Bonchev–Trinajstić information content (AvgIpc) is 2.64. The molecule has 2 unspecified atom stereocenters. The van der Waals surface area contributed by atoms with Crippen LogP contribution in [0.1, 0.15) is 32.6 Å². The van der Waals surface area contributed by atoms with Gasteiger partial charge in [-0.1, -0.05) is 13.3 Å². The van der Waals surface area contributed by atoms with E-state index in [1.165, 1.54) is 19.4 Å². The maximum absolute atomic E-state index is 6.09. The fourth-order valence-electron chi connectivity index (χ4n) is 2.62. The maximum atomic E-state index is 6.09. The molecule has 3 heteroatoms. The highest BCUT2D eigenvalue weighted by molar-refractivity contribution is 4.88. The van der Waals surface area contributed by atoms with Crippen molar-refractivity contribution in [3.05, 3.63) is 0 Å². The van der Waals surface area contributed by atoms with Crippen molar-refractivity contribution in [1.29, 1.82) is 0 Å². The Kier molecular flexibility index (Phi) is 3.42. The summed E-state index contributed by atoms with van der Waals surface area (Å²) in [5.74, 6) is 0. The van der Waals surface area contributed by atoms with Gasteiger partial charge in [0, 0.05) is 18.6 Å². The molecule has 2 fully saturated rings. The number of morpholine rings is 1. The van der Waals surface area contributed by atoms with E-state index in [-0.39, 0.29) is 12.1 Å². The number of fused-ring (bicyclic) bond motifs is 1. The summed E-state index contributed by atoms with van der Waals surface area (Å²) in [5, 5.41) is 0. The topological polar surface area (TPSA) is 38.5 Å². The molecule has 0 aromatic heterocycles. The van der Waals surface area contributed by atoms with Gasteiger partial charge in [-0.25, -0.2) is 0 Å². The molecule has 2 aliphatic heterocycles. The van der Waals surface area contributed by atoms with E-state index in [1.54, 1.807) is 0 Å². The molecule has 0 saturated carbocycles. The number of nitrogens with two attached hydrogens (primary N) is 1. The summed E-state index contributed by atoms with van der Waals surface area (Å²) in [6.07, 6.45) is 5.18. The van der Waals surface area contributed by atoms with E-state index in [0.717, 1.165) is 26.0 Å². The molecule has 0 aliphatic carbocycles. The van der Waals surface area contributed by atoms with Crippen LogP contribution < -0.4 is 5.73 Å². The largest absolute Gasteiger partial charge is 0.374 e. The highest BCUT2D eigenvalue weighted by Gasteiger charge is 2.34. The number of nitrogens with zero attached hydrogens (tertiary/aromatic N) is 1. The molecule has 3 nitrogen and oxygen atoms in total. The lowest BCUT2D eigenvalue weighted by Crippen LogP contribution is -2.52. The van der Waals surface area contributed by atoms with E-state index in [2.05, 4.69) is 11.8 Å². The Morgan fingerprint density at radius 3 is 3.21 bits per heavy atom. The van der Waals surface area contributed by atoms with Crippen LogP contribution in [0.4, 0.5) is 0 Å². The predicted octanol–water partition coefficient (Wildman–Crippen LogP) is 0.977. The maximum Gasteiger partial charge on any atom is 0.0853 e. The van der Waals surface area contributed by atoms with Gasteiger partial charge in [0.05, 0.1) is 12.7 Å². The molecule has 0 amide bonds. The lowest BCUT2D eigenvalue weighted by atomic mass is 10.0. The molecule has 0 radical (unpaired) electrons. The quantitative estimate of drug-likeness (QED) is 0.734. The summed E-state index contributed by atoms with van der Waals surface area (Å²) < 4.78 is 5.84. The van der Waals surface area contributed by atoms with Gasteiger partial charge < -0.3 is 10.5 Å². The second-order valence-electron chi connectivity index (χ2n) is 4.62. The lowest BCUT2D eigenvalue weighted by Gasteiger charge is -2.37. The van der Waals surface area contributed by atoms with E-state index in [1.807, 2.05) is 0 Å². The Morgan fingerprint density at radius 1 is 1.57 bits per heavy atom. The molecule has 3 atom stereocenters. The number of rotatable bonds is 3. The Balaban J connectivity index is 1.84. The van der Waals surface area contributed by atoms with Crippen molar-refractivity contribution >= 4 is 0 Å². The van der Waals surface area contributed by atoms with Crippen molar-refractivity contribution in [3.8, 4) is 0 Å². The minimum atomic E-state index is 0.238. The SMILES string of the molecule is CCC[C@H](N)C1CN2CCCC2CO1. The van der Waals surface area contributed by atoms with E-state index in [9.17, 15) is 0 Å². The van der Waals surface area contributed by atoms with Gasteiger partial charge >= 0.3 is 0 Å². The van der Waals surface area contributed by atoms with Crippen LogP contribution in [0.2, 0.25) is 0 Å². The van der Waals surface area contributed by atoms with Gasteiger partial charge in [-0.05, 0) is 25.8 Å². The van der Waals surface area contributed by atoms with Crippen molar-refractivity contribution in [2.24, 2.45) is 5.73 Å². The molecule has 82 valence electrons. The van der Waals surface area contributed by atoms with Crippen LogP contribution >= 0.6 is 0 Å². The van der Waals surface area contributed by atoms with Gasteiger partial charge in [-0.2, -0.15) is 0 Å². The molecule has 14 heavy (non-hydrogen) atoms. The van der Waals surface area contributed by atoms with E-state index in [0.29, 0.717) is 6.04 Å². The van der Waals surface area contributed by atoms with Crippen molar-refractivity contribution in [2.75, 3.05) is 19.7 Å². The van der Waals surface area contributed by atoms with Gasteiger partial charge in [0.15, 0.2) is 0 Å². The van der Waals surface area contributed by atoms with E-state index in [4.69, 9.17) is 10.5 Å². The number of ether oxygens (including phenoxy) is 1. The molecule has 0 bridgehead atoms. The Hall–Kier alpha value is -0.120. The molecular formula is C11H22N2O. The van der Waals surface area contributed by atoms with Crippen LogP contribution in [0.25, 0.3) is 0 Å².